The van der Waals surface area contributed by atoms with E-state index in [2.05, 4.69) is 6.92 Å². The highest BCUT2D eigenvalue weighted by molar-refractivity contribution is 6.00. The minimum atomic E-state index is -1.59. The summed E-state index contributed by atoms with van der Waals surface area (Å²) in [5.74, 6) is -2.53. The van der Waals surface area contributed by atoms with Crippen LogP contribution in [0, 0.1) is 5.41 Å². The minimum absolute atomic E-state index is 0.0250. The third-order valence-electron chi connectivity index (χ3n) is 9.65. The van der Waals surface area contributed by atoms with Gasteiger partial charge < -0.3 is 24.5 Å². The summed E-state index contributed by atoms with van der Waals surface area (Å²) < 4.78 is 11.8. The number of aromatic nitrogens is 1. The Morgan fingerprint density at radius 3 is 1.44 bits per heavy atom. The Morgan fingerprint density at radius 2 is 0.962 bits per heavy atom. The second-order valence-corrected chi connectivity index (χ2v) is 13.9. The quantitative estimate of drug-likeness (QED) is 0.0432. The Balaban J connectivity index is 1.52. The molecule has 2 aromatic carbocycles. The summed E-state index contributed by atoms with van der Waals surface area (Å²) in [5.41, 5.74) is 0.205. The number of hydrogen-bond acceptors (Lipinski definition) is 8. The highest BCUT2D eigenvalue weighted by atomic mass is 16.7. The number of benzene rings is 2. The normalized spacial score (nSPS) is 12.2. The number of rotatable bonds is 28. The predicted octanol–water partition coefficient (Wildman–Crippen LogP) is 10.1. The Labute approximate surface area is 310 Å². The van der Waals surface area contributed by atoms with Crippen LogP contribution in [0.4, 0.5) is 0 Å². The minimum Gasteiger partial charge on any atom is -0.492 e. The molecule has 3 rings (SSSR count). The molecule has 0 bridgehead atoms. The first kappa shape index (κ1) is 42.1. The average molecular weight is 720 g/mol. The fraction of sp³-hybridized carbons (Fsp3) is 0.558. The van der Waals surface area contributed by atoms with Gasteiger partial charge in [0.15, 0.2) is 5.41 Å². The van der Waals surface area contributed by atoms with Crippen molar-refractivity contribution >= 4 is 17.9 Å². The lowest BCUT2D eigenvalue weighted by molar-refractivity contribution is -0.176. The maximum atomic E-state index is 14.0. The number of carbonyl (C=O) groups excluding carboxylic acids is 3. The van der Waals surface area contributed by atoms with Gasteiger partial charge in [-0.1, -0.05) is 170 Å². The number of hydrogen-bond donors (Lipinski definition) is 2. The number of aromatic hydroxyl groups is 2. The number of esters is 2. The standard InChI is InChI=1S/C43H61NO8/c1-2-3-4-5-6-8-11-14-23-32-43(41(48)51-35-37-27-20-17-21-28-37,42(49)52-44-38(45)30-31-39(44)46)33-24-15-12-9-7-10-13-22-29-40(47)50-34-36-25-18-16-19-26-36/h16-21,25-28,30-31,45-46H,2-15,22-24,29,32-35H2,1H3. The summed E-state index contributed by atoms with van der Waals surface area (Å²) in [6.45, 7) is 2.54. The van der Waals surface area contributed by atoms with E-state index in [1.165, 1.54) is 44.2 Å². The van der Waals surface area contributed by atoms with E-state index in [0.717, 1.165) is 75.3 Å². The number of carbonyl (C=O) groups is 3. The molecule has 1 atom stereocenters. The highest BCUT2D eigenvalue weighted by Gasteiger charge is 2.49. The van der Waals surface area contributed by atoms with Gasteiger partial charge in [0.1, 0.15) is 13.2 Å². The molecule has 2 N–H and O–H groups in total. The molecule has 0 saturated heterocycles. The summed E-state index contributed by atoms with van der Waals surface area (Å²) in [6.07, 6.45) is 17.9. The van der Waals surface area contributed by atoms with E-state index in [0.29, 0.717) is 30.6 Å². The van der Waals surface area contributed by atoms with Crippen LogP contribution in [0.5, 0.6) is 11.8 Å². The molecular formula is C43H61NO8. The first-order valence-electron chi connectivity index (χ1n) is 19.6. The zero-order valence-corrected chi connectivity index (χ0v) is 31.3. The molecule has 52 heavy (non-hydrogen) atoms. The fourth-order valence-corrected chi connectivity index (χ4v) is 6.45. The van der Waals surface area contributed by atoms with Gasteiger partial charge in [-0.15, -0.1) is 4.73 Å². The van der Waals surface area contributed by atoms with Crippen LogP contribution in [0.15, 0.2) is 72.8 Å². The average Bonchev–Trinajstić information content (AvgIpc) is 3.48. The summed E-state index contributed by atoms with van der Waals surface area (Å²) in [6, 6.07) is 21.5. The van der Waals surface area contributed by atoms with Crippen molar-refractivity contribution < 1.29 is 38.9 Å². The van der Waals surface area contributed by atoms with Crippen LogP contribution in [-0.2, 0) is 37.1 Å². The number of ether oxygens (including phenoxy) is 2. The van der Waals surface area contributed by atoms with E-state index in [1.54, 1.807) is 0 Å². The largest absolute Gasteiger partial charge is 0.492 e. The molecule has 286 valence electrons. The Kier molecular flexibility index (Phi) is 20.1. The van der Waals surface area contributed by atoms with Gasteiger partial charge in [0.05, 0.1) is 0 Å². The molecule has 1 aromatic heterocycles. The first-order valence-corrected chi connectivity index (χ1v) is 19.6. The SMILES string of the molecule is CCCCCCCCCCCC(CCCCCCCCCCC(=O)OCc1ccccc1)(C(=O)OCc1ccccc1)C(=O)On1c(O)ccc1O. The Bertz CT molecular complexity index is 1400. The van der Waals surface area contributed by atoms with Crippen LogP contribution < -0.4 is 4.84 Å². The van der Waals surface area contributed by atoms with Crippen LogP contribution in [0.25, 0.3) is 0 Å². The topological polar surface area (TPSA) is 124 Å². The summed E-state index contributed by atoms with van der Waals surface area (Å²) in [5, 5.41) is 20.4. The third-order valence-corrected chi connectivity index (χ3v) is 9.65. The van der Waals surface area contributed by atoms with Crippen molar-refractivity contribution in [2.45, 2.75) is 149 Å². The monoisotopic (exact) mass is 719 g/mol. The van der Waals surface area contributed by atoms with Crippen LogP contribution in [0.3, 0.4) is 0 Å². The lowest BCUT2D eigenvalue weighted by Gasteiger charge is -2.29. The second kappa shape index (κ2) is 24.8. The van der Waals surface area contributed by atoms with Gasteiger partial charge in [-0.2, -0.15) is 0 Å². The molecule has 9 heteroatoms. The van der Waals surface area contributed by atoms with E-state index in [1.807, 2.05) is 60.7 Å². The van der Waals surface area contributed by atoms with Gasteiger partial charge in [-0.25, -0.2) is 4.79 Å². The highest BCUT2D eigenvalue weighted by Crippen LogP contribution is 2.36. The lowest BCUT2D eigenvalue weighted by atomic mass is 9.77. The predicted molar refractivity (Wildman–Crippen MR) is 202 cm³/mol. The zero-order valence-electron chi connectivity index (χ0n) is 31.3. The molecule has 0 aliphatic rings. The zero-order chi connectivity index (χ0) is 37.3. The molecule has 9 nitrogen and oxygen atoms in total. The van der Waals surface area contributed by atoms with E-state index < -0.39 is 29.1 Å². The van der Waals surface area contributed by atoms with Crippen molar-refractivity contribution in [1.29, 1.82) is 0 Å². The van der Waals surface area contributed by atoms with Crippen LogP contribution in [0.1, 0.15) is 146 Å². The Hall–Kier alpha value is -4.27. The number of nitrogens with zero attached hydrogens (tertiary/aromatic N) is 1. The molecule has 0 aliphatic carbocycles. The van der Waals surface area contributed by atoms with E-state index in [4.69, 9.17) is 14.3 Å². The molecule has 1 unspecified atom stereocenters. The van der Waals surface area contributed by atoms with E-state index in [-0.39, 0.29) is 25.4 Å². The molecule has 0 aliphatic heterocycles. The molecule has 1 heterocycles. The van der Waals surface area contributed by atoms with Crippen LogP contribution in [0.2, 0.25) is 0 Å². The van der Waals surface area contributed by atoms with Crippen molar-refractivity contribution in [3.63, 3.8) is 0 Å². The van der Waals surface area contributed by atoms with Crippen molar-refractivity contribution in [3.8, 4) is 11.8 Å². The Morgan fingerprint density at radius 1 is 0.538 bits per heavy atom. The van der Waals surface area contributed by atoms with Gasteiger partial charge in [0, 0.05) is 18.6 Å². The molecular weight excluding hydrogens is 658 g/mol. The van der Waals surface area contributed by atoms with Crippen molar-refractivity contribution in [3.05, 3.63) is 83.9 Å². The molecule has 0 fully saturated rings. The summed E-state index contributed by atoms with van der Waals surface area (Å²) in [4.78, 5) is 45.6. The number of unbranched alkanes of at least 4 members (excludes halogenated alkanes) is 15. The van der Waals surface area contributed by atoms with Gasteiger partial charge in [-0.3, -0.25) is 9.59 Å². The first-order chi connectivity index (χ1) is 25.4. The van der Waals surface area contributed by atoms with Crippen molar-refractivity contribution in [1.82, 2.24) is 4.73 Å². The van der Waals surface area contributed by atoms with Crippen molar-refractivity contribution in [2.24, 2.45) is 5.41 Å². The molecule has 0 spiro atoms. The van der Waals surface area contributed by atoms with Gasteiger partial charge >= 0.3 is 17.9 Å². The van der Waals surface area contributed by atoms with Gasteiger partial charge in [-0.05, 0) is 30.4 Å². The van der Waals surface area contributed by atoms with Gasteiger partial charge in [0.2, 0.25) is 11.8 Å². The van der Waals surface area contributed by atoms with Crippen LogP contribution >= 0.6 is 0 Å². The van der Waals surface area contributed by atoms with Gasteiger partial charge in [0.25, 0.3) is 0 Å². The maximum absolute atomic E-state index is 14.0. The third kappa shape index (κ3) is 15.5. The lowest BCUT2D eigenvalue weighted by Crippen LogP contribution is -2.45. The maximum Gasteiger partial charge on any atom is 0.350 e. The van der Waals surface area contributed by atoms with E-state index >= 15 is 0 Å². The summed E-state index contributed by atoms with van der Waals surface area (Å²) in [7, 11) is 0. The molecule has 3 aromatic rings. The van der Waals surface area contributed by atoms with Crippen molar-refractivity contribution in [2.75, 3.05) is 0 Å². The molecule has 0 radical (unpaired) electrons. The summed E-state index contributed by atoms with van der Waals surface area (Å²) >= 11 is 0. The molecule has 0 amide bonds. The van der Waals surface area contributed by atoms with Crippen LogP contribution in [-0.4, -0.2) is 32.9 Å². The fourth-order valence-electron chi connectivity index (χ4n) is 6.45. The second-order valence-electron chi connectivity index (χ2n) is 13.9. The molecule has 0 saturated carbocycles. The smallest absolute Gasteiger partial charge is 0.350 e. The van der Waals surface area contributed by atoms with E-state index in [9.17, 15) is 24.6 Å².